The summed E-state index contributed by atoms with van der Waals surface area (Å²) in [5, 5.41) is 0. The number of rotatable bonds is 6. The van der Waals surface area contributed by atoms with Gasteiger partial charge in [-0.3, -0.25) is 4.98 Å². The molecule has 2 N–H and O–H groups in total. The highest BCUT2D eigenvalue weighted by molar-refractivity contribution is 5.26. The van der Waals surface area contributed by atoms with E-state index < -0.39 is 0 Å². The van der Waals surface area contributed by atoms with Crippen LogP contribution in [0.5, 0.6) is 5.75 Å². The monoisotopic (exact) mass is 256 g/mol. The maximum absolute atomic E-state index is 5.83. The zero-order valence-corrected chi connectivity index (χ0v) is 11.3. The van der Waals surface area contributed by atoms with Gasteiger partial charge < -0.3 is 10.5 Å². The van der Waals surface area contributed by atoms with Gasteiger partial charge in [0.2, 0.25) is 0 Å². The highest BCUT2D eigenvalue weighted by Gasteiger charge is 2.09. The molecular weight excluding hydrogens is 236 g/mol. The van der Waals surface area contributed by atoms with Crippen molar-refractivity contribution in [2.24, 2.45) is 5.73 Å². The van der Waals surface area contributed by atoms with Crippen LogP contribution in [0.4, 0.5) is 0 Å². The molecule has 0 aliphatic rings. The Bertz CT molecular complexity index is 482. The van der Waals surface area contributed by atoms with Gasteiger partial charge in [-0.05, 0) is 55.6 Å². The minimum atomic E-state index is 0.327. The fourth-order valence-electron chi connectivity index (χ4n) is 2.01. The van der Waals surface area contributed by atoms with Crippen molar-refractivity contribution in [1.82, 2.24) is 4.98 Å². The predicted octanol–water partition coefficient (Wildman–Crippen LogP) is 2.90. The first-order chi connectivity index (χ1) is 9.29. The molecule has 0 saturated carbocycles. The van der Waals surface area contributed by atoms with Crippen LogP contribution in [-0.4, -0.2) is 18.1 Å². The van der Waals surface area contributed by atoms with Crippen LogP contribution < -0.4 is 10.5 Å². The second kappa shape index (κ2) is 6.90. The summed E-state index contributed by atoms with van der Waals surface area (Å²) in [6.07, 6.45) is 4.52. The lowest BCUT2D eigenvalue weighted by atomic mass is 9.97. The number of ether oxygens (including phenoxy) is 1. The second-order valence-corrected chi connectivity index (χ2v) is 4.66. The highest BCUT2D eigenvalue weighted by atomic mass is 16.5. The minimum Gasteiger partial charge on any atom is -0.494 e. The van der Waals surface area contributed by atoms with Crippen molar-refractivity contribution in [3.05, 3.63) is 59.9 Å². The van der Waals surface area contributed by atoms with Gasteiger partial charge >= 0.3 is 0 Å². The molecule has 1 unspecified atom stereocenters. The molecule has 0 amide bonds. The van der Waals surface area contributed by atoms with E-state index in [2.05, 4.69) is 24.0 Å². The van der Waals surface area contributed by atoms with Gasteiger partial charge in [-0.15, -0.1) is 0 Å². The molecule has 1 heterocycles. The lowest BCUT2D eigenvalue weighted by Gasteiger charge is -2.15. The summed E-state index contributed by atoms with van der Waals surface area (Å²) in [6, 6.07) is 12.1. The molecule has 1 atom stereocenters. The Hall–Kier alpha value is -1.87. The maximum atomic E-state index is 5.83. The smallest absolute Gasteiger partial charge is 0.119 e. The third kappa shape index (κ3) is 4.07. The SMILES string of the molecule is Cc1ccc(OCCC(CN)c2ccncc2)cc1. The number of nitrogens with zero attached hydrogens (tertiary/aromatic N) is 1. The molecule has 0 aliphatic heterocycles. The molecule has 0 aliphatic carbocycles. The van der Waals surface area contributed by atoms with Crippen LogP contribution in [0.1, 0.15) is 23.5 Å². The Morgan fingerprint density at radius 3 is 2.42 bits per heavy atom. The molecule has 0 saturated heterocycles. The Kier molecular flexibility index (Phi) is 4.93. The molecule has 0 bridgehead atoms. The van der Waals surface area contributed by atoms with Gasteiger partial charge in [0.1, 0.15) is 5.75 Å². The van der Waals surface area contributed by atoms with E-state index in [4.69, 9.17) is 10.5 Å². The number of nitrogens with two attached hydrogens (primary N) is 1. The first-order valence-electron chi connectivity index (χ1n) is 6.59. The number of aromatic nitrogens is 1. The standard InChI is InChI=1S/C16H20N2O/c1-13-2-4-16(5-3-13)19-11-8-15(12-17)14-6-9-18-10-7-14/h2-7,9-10,15H,8,11-12,17H2,1H3. The highest BCUT2D eigenvalue weighted by Crippen LogP contribution is 2.19. The van der Waals surface area contributed by atoms with Crippen LogP contribution in [0.3, 0.4) is 0 Å². The second-order valence-electron chi connectivity index (χ2n) is 4.66. The van der Waals surface area contributed by atoms with Gasteiger partial charge in [-0.25, -0.2) is 0 Å². The Morgan fingerprint density at radius 2 is 1.79 bits per heavy atom. The molecule has 2 rings (SSSR count). The fourth-order valence-corrected chi connectivity index (χ4v) is 2.01. The van der Waals surface area contributed by atoms with Crippen molar-refractivity contribution in [2.75, 3.05) is 13.2 Å². The van der Waals surface area contributed by atoms with Crippen LogP contribution in [0.2, 0.25) is 0 Å². The summed E-state index contributed by atoms with van der Waals surface area (Å²) in [6.45, 7) is 3.37. The first-order valence-corrected chi connectivity index (χ1v) is 6.59. The number of benzene rings is 1. The van der Waals surface area contributed by atoms with Gasteiger partial charge in [0.05, 0.1) is 6.61 Å². The normalized spacial score (nSPS) is 12.1. The van der Waals surface area contributed by atoms with Gasteiger partial charge in [0.25, 0.3) is 0 Å². The van der Waals surface area contributed by atoms with E-state index in [0.29, 0.717) is 19.1 Å². The van der Waals surface area contributed by atoms with Gasteiger partial charge in [-0.1, -0.05) is 17.7 Å². The number of hydrogen-bond donors (Lipinski definition) is 1. The van der Waals surface area contributed by atoms with E-state index in [1.54, 1.807) is 12.4 Å². The van der Waals surface area contributed by atoms with Crippen molar-refractivity contribution in [2.45, 2.75) is 19.3 Å². The predicted molar refractivity (Wildman–Crippen MR) is 77.3 cm³/mol. The summed E-state index contributed by atoms with van der Waals surface area (Å²) in [4.78, 5) is 4.03. The quantitative estimate of drug-likeness (QED) is 0.864. The van der Waals surface area contributed by atoms with E-state index in [9.17, 15) is 0 Å². The summed E-state index contributed by atoms with van der Waals surface area (Å²) < 4.78 is 5.74. The summed E-state index contributed by atoms with van der Waals surface area (Å²) in [7, 11) is 0. The molecule has 3 nitrogen and oxygen atoms in total. The Labute approximate surface area is 114 Å². The van der Waals surface area contributed by atoms with Crippen molar-refractivity contribution >= 4 is 0 Å². The molecule has 0 spiro atoms. The fraction of sp³-hybridized carbons (Fsp3) is 0.312. The zero-order chi connectivity index (χ0) is 13.5. The lowest BCUT2D eigenvalue weighted by Crippen LogP contribution is -2.15. The molecule has 2 aromatic rings. The number of aryl methyl sites for hydroxylation is 1. The zero-order valence-electron chi connectivity index (χ0n) is 11.3. The number of pyridine rings is 1. The van der Waals surface area contributed by atoms with E-state index in [1.165, 1.54) is 11.1 Å². The molecule has 100 valence electrons. The van der Waals surface area contributed by atoms with Crippen LogP contribution >= 0.6 is 0 Å². The van der Waals surface area contributed by atoms with Crippen LogP contribution in [0, 0.1) is 6.92 Å². The summed E-state index contributed by atoms with van der Waals surface area (Å²) in [5.74, 6) is 1.24. The van der Waals surface area contributed by atoms with Crippen LogP contribution in [-0.2, 0) is 0 Å². The average Bonchev–Trinajstić information content (AvgIpc) is 2.46. The third-order valence-corrected chi connectivity index (χ3v) is 3.22. The average molecular weight is 256 g/mol. The van der Waals surface area contributed by atoms with E-state index in [1.807, 2.05) is 24.3 Å². The van der Waals surface area contributed by atoms with Crippen molar-refractivity contribution in [3.8, 4) is 5.75 Å². The summed E-state index contributed by atoms with van der Waals surface area (Å²) in [5.41, 5.74) is 8.29. The van der Waals surface area contributed by atoms with Gasteiger partial charge in [-0.2, -0.15) is 0 Å². The first kappa shape index (κ1) is 13.6. The van der Waals surface area contributed by atoms with Crippen molar-refractivity contribution in [1.29, 1.82) is 0 Å². The van der Waals surface area contributed by atoms with E-state index in [0.717, 1.165) is 12.2 Å². The topological polar surface area (TPSA) is 48.1 Å². The molecule has 0 radical (unpaired) electrons. The number of hydrogen-bond acceptors (Lipinski definition) is 3. The minimum absolute atomic E-state index is 0.327. The molecule has 19 heavy (non-hydrogen) atoms. The molecule has 0 fully saturated rings. The van der Waals surface area contributed by atoms with Gasteiger partial charge in [0.15, 0.2) is 0 Å². The van der Waals surface area contributed by atoms with Gasteiger partial charge in [0, 0.05) is 12.4 Å². The largest absolute Gasteiger partial charge is 0.494 e. The van der Waals surface area contributed by atoms with Crippen molar-refractivity contribution in [3.63, 3.8) is 0 Å². The Morgan fingerprint density at radius 1 is 1.11 bits per heavy atom. The molecular formula is C16H20N2O. The molecule has 1 aromatic carbocycles. The molecule has 3 heteroatoms. The van der Waals surface area contributed by atoms with E-state index >= 15 is 0 Å². The van der Waals surface area contributed by atoms with E-state index in [-0.39, 0.29) is 0 Å². The van der Waals surface area contributed by atoms with Crippen molar-refractivity contribution < 1.29 is 4.74 Å². The lowest BCUT2D eigenvalue weighted by molar-refractivity contribution is 0.298. The van der Waals surface area contributed by atoms with Crippen LogP contribution in [0.25, 0.3) is 0 Å². The maximum Gasteiger partial charge on any atom is 0.119 e. The molecule has 1 aromatic heterocycles. The Balaban J connectivity index is 1.85. The van der Waals surface area contributed by atoms with Crippen LogP contribution in [0.15, 0.2) is 48.8 Å². The summed E-state index contributed by atoms with van der Waals surface area (Å²) >= 11 is 0. The third-order valence-electron chi connectivity index (χ3n) is 3.22.